The van der Waals surface area contributed by atoms with E-state index in [2.05, 4.69) is 32.7 Å². The minimum absolute atomic E-state index is 0.0106. The van der Waals surface area contributed by atoms with Crippen LogP contribution in [-0.2, 0) is 11.2 Å². The number of ether oxygens (including phenoxy) is 1. The maximum absolute atomic E-state index is 6.57. The molecule has 0 saturated carbocycles. The molecule has 1 aromatic heterocycles. The molecule has 2 aromatic rings. The van der Waals surface area contributed by atoms with E-state index in [4.69, 9.17) is 9.15 Å². The number of fused-ring (bicyclic) bond motifs is 1. The second-order valence-corrected chi connectivity index (χ2v) is 7.80. The zero-order valence-electron chi connectivity index (χ0n) is 14.9. The number of para-hydroxylation sites is 2. The lowest BCUT2D eigenvalue weighted by Gasteiger charge is -2.47. The average Bonchev–Trinajstić information content (AvgIpc) is 2.89. The molecule has 2 atom stereocenters. The topological polar surface area (TPSA) is 35.3 Å². The Morgan fingerprint density at radius 1 is 1.17 bits per heavy atom. The van der Waals surface area contributed by atoms with Crippen molar-refractivity contribution in [1.82, 2.24) is 4.98 Å². The van der Waals surface area contributed by atoms with E-state index < -0.39 is 0 Å². The van der Waals surface area contributed by atoms with Crippen molar-refractivity contribution in [3.63, 3.8) is 0 Å². The highest BCUT2D eigenvalue weighted by Gasteiger charge is 2.41. The number of aromatic nitrogens is 1. The lowest BCUT2D eigenvalue weighted by molar-refractivity contribution is -0.195. The molecule has 2 heterocycles. The van der Waals surface area contributed by atoms with Crippen LogP contribution >= 0.6 is 0 Å². The van der Waals surface area contributed by atoms with Gasteiger partial charge in [0.15, 0.2) is 11.5 Å². The van der Waals surface area contributed by atoms with Gasteiger partial charge in [0.1, 0.15) is 5.52 Å². The highest BCUT2D eigenvalue weighted by atomic mass is 16.5. The van der Waals surface area contributed by atoms with E-state index in [-0.39, 0.29) is 11.2 Å². The molecule has 1 aromatic carbocycles. The highest BCUT2D eigenvalue weighted by Crippen LogP contribution is 2.41. The monoisotopic (exact) mass is 315 g/mol. The van der Waals surface area contributed by atoms with E-state index in [1.165, 1.54) is 12.8 Å². The van der Waals surface area contributed by atoms with Gasteiger partial charge >= 0.3 is 0 Å². The van der Waals surface area contributed by atoms with Crippen LogP contribution in [0.15, 0.2) is 28.7 Å². The first-order chi connectivity index (χ1) is 10.9. The average molecular weight is 315 g/mol. The van der Waals surface area contributed by atoms with Crippen molar-refractivity contribution in [2.75, 3.05) is 0 Å². The molecule has 3 nitrogen and oxygen atoms in total. The maximum Gasteiger partial charge on any atom is 0.195 e. The normalized spacial score (nSPS) is 28.6. The van der Waals surface area contributed by atoms with Crippen molar-refractivity contribution in [2.24, 2.45) is 5.92 Å². The molecule has 0 amide bonds. The Kier molecular flexibility index (Phi) is 4.50. The molecule has 126 valence electrons. The van der Waals surface area contributed by atoms with Gasteiger partial charge in [-0.15, -0.1) is 0 Å². The maximum atomic E-state index is 6.57. The molecule has 0 bridgehead atoms. The molecule has 1 aliphatic heterocycles. The van der Waals surface area contributed by atoms with Gasteiger partial charge in [-0.05, 0) is 64.0 Å². The minimum atomic E-state index is -0.0106. The zero-order valence-corrected chi connectivity index (χ0v) is 14.9. The van der Waals surface area contributed by atoms with E-state index in [9.17, 15) is 0 Å². The smallest absolute Gasteiger partial charge is 0.195 e. The van der Waals surface area contributed by atoms with Gasteiger partial charge in [-0.3, -0.25) is 0 Å². The SMILES string of the molecule is CC(C)C1(C)CCCC(C)(CCCc2nc3ccccc3o2)O1. The minimum Gasteiger partial charge on any atom is -0.441 e. The fourth-order valence-electron chi connectivity index (χ4n) is 3.70. The lowest BCUT2D eigenvalue weighted by Crippen LogP contribution is -2.48. The van der Waals surface area contributed by atoms with Gasteiger partial charge in [-0.25, -0.2) is 4.98 Å². The Morgan fingerprint density at radius 3 is 2.70 bits per heavy atom. The molecule has 0 radical (unpaired) electrons. The van der Waals surface area contributed by atoms with Crippen molar-refractivity contribution in [3.05, 3.63) is 30.2 Å². The van der Waals surface area contributed by atoms with E-state index in [0.717, 1.165) is 42.7 Å². The molecule has 0 aliphatic carbocycles. The van der Waals surface area contributed by atoms with Crippen LogP contribution in [0.2, 0.25) is 0 Å². The molecule has 1 aliphatic rings. The van der Waals surface area contributed by atoms with Crippen molar-refractivity contribution in [2.45, 2.75) is 77.4 Å². The summed E-state index contributed by atoms with van der Waals surface area (Å²) in [4.78, 5) is 4.57. The van der Waals surface area contributed by atoms with Gasteiger partial charge in [0.05, 0.1) is 11.2 Å². The summed E-state index contributed by atoms with van der Waals surface area (Å²) in [6, 6.07) is 7.96. The third-order valence-corrected chi connectivity index (χ3v) is 5.51. The van der Waals surface area contributed by atoms with E-state index in [1.807, 2.05) is 24.3 Å². The van der Waals surface area contributed by atoms with Gasteiger partial charge in [0, 0.05) is 6.42 Å². The Morgan fingerprint density at radius 2 is 1.96 bits per heavy atom. The van der Waals surface area contributed by atoms with Gasteiger partial charge in [-0.2, -0.15) is 0 Å². The molecule has 3 heteroatoms. The van der Waals surface area contributed by atoms with E-state index in [0.29, 0.717) is 5.92 Å². The van der Waals surface area contributed by atoms with Crippen LogP contribution in [0.1, 0.15) is 65.7 Å². The summed E-state index contributed by atoms with van der Waals surface area (Å²) >= 11 is 0. The summed E-state index contributed by atoms with van der Waals surface area (Å²) in [5.74, 6) is 1.40. The summed E-state index contributed by atoms with van der Waals surface area (Å²) in [5.41, 5.74) is 1.85. The lowest BCUT2D eigenvalue weighted by atomic mass is 9.79. The predicted octanol–water partition coefficient (Wildman–Crippen LogP) is 5.52. The number of rotatable bonds is 5. The number of oxazole rings is 1. The number of benzene rings is 1. The van der Waals surface area contributed by atoms with Crippen LogP contribution in [-0.4, -0.2) is 16.2 Å². The third kappa shape index (κ3) is 3.60. The largest absolute Gasteiger partial charge is 0.441 e. The molecule has 23 heavy (non-hydrogen) atoms. The van der Waals surface area contributed by atoms with Crippen molar-refractivity contribution in [3.8, 4) is 0 Å². The van der Waals surface area contributed by atoms with Crippen LogP contribution in [0.5, 0.6) is 0 Å². The number of nitrogens with zero attached hydrogens (tertiary/aromatic N) is 1. The zero-order chi connectivity index (χ0) is 16.5. The first-order valence-corrected chi connectivity index (χ1v) is 8.95. The van der Waals surface area contributed by atoms with Gasteiger partial charge in [-0.1, -0.05) is 26.0 Å². The quantitative estimate of drug-likeness (QED) is 0.728. The van der Waals surface area contributed by atoms with E-state index in [1.54, 1.807) is 0 Å². The van der Waals surface area contributed by atoms with Crippen LogP contribution in [0, 0.1) is 5.92 Å². The second kappa shape index (κ2) is 6.27. The fourth-order valence-corrected chi connectivity index (χ4v) is 3.70. The molecule has 1 fully saturated rings. The first-order valence-electron chi connectivity index (χ1n) is 8.95. The Bertz CT molecular complexity index is 629. The summed E-state index contributed by atoms with van der Waals surface area (Å²) in [6.45, 7) is 9.09. The number of hydrogen-bond donors (Lipinski definition) is 0. The molecule has 1 saturated heterocycles. The number of aryl methyl sites for hydroxylation is 1. The summed E-state index contributed by atoms with van der Waals surface area (Å²) < 4.78 is 12.4. The van der Waals surface area contributed by atoms with Crippen LogP contribution in [0.3, 0.4) is 0 Å². The fraction of sp³-hybridized carbons (Fsp3) is 0.650. The molecule has 2 unspecified atom stereocenters. The number of hydrogen-bond acceptors (Lipinski definition) is 3. The third-order valence-electron chi connectivity index (χ3n) is 5.51. The second-order valence-electron chi connectivity index (χ2n) is 7.80. The van der Waals surface area contributed by atoms with Gasteiger partial charge in [0.2, 0.25) is 0 Å². The molecule has 3 rings (SSSR count). The predicted molar refractivity (Wildman–Crippen MR) is 93.5 cm³/mol. The Labute approximate surface area is 139 Å². The molecular weight excluding hydrogens is 286 g/mol. The van der Waals surface area contributed by atoms with E-state index >= 15 is 0 Å². The van der Waals surface area contributed by atoms with Gasteiger partial charge in [0.25, 0.3) is 0 Å². The Hall–Kier alpha value is -1.35. The highest BCUT2D eigenvalue weighted by molar-refractivity contribution is 5.72. The molecule has 0 spiro atoms. The van der Waals surface area contributed by atoms with Crippen molar-refractivity contribution >= 4 is 11.1 Å². The standard InChI is InChI=1S/C20H29NO2/c1-15(2)20(4)14-8-13-19(3,23-20)12-7-11-18-21-16-9-5-6-10-17(16)22-18/h5-6,9-10,15H,7-8,11-14H2,1-4H3. The Balaban J connectivity index is 1.59. The van der Waals surface area contributed by atoms with Crippen molar-refractivity contribution in [1.29, 1.82) is 0 Å². The summed E-state index contributed by atoms with van der Waals surface area (Å²) in [7, 11) is 0. The summed E-state index contributed by atoms with van der Waals surface area (Å²) in [6.07, 6.45) is 6.58. The van der Waals surface area contributed by atoms with Crippen molar-refractivity contribution < 1.29 is 9.15 Å². The van der Waals surface area contributed by atoms with Gasteiger partial charge < -0.3 is 9.15 Å². The molecular formula is C20H29NO2. The molecule has 0 N–H and O–H groups in total. The van der Waals surface area contributed by atoms with Crippen LogP contribution in [0.4, 0.5) is 0 Å². The van der Waals surface area contributed by atoms with Crippen LogP contribution in [0.25, 0.3) is 11.1 Å². The first kappa shape index (κ1) is 16.5. The summed E-state index contributed by atoms with van der Waals surface area (Å²) in [5, 5.41) is 0. The van der Waals surface area contributed by atoms with Crippen LogP contribution < -0.4 is 0 Å².